The van der Waals surface area contributed by atoms with Crippen LogP contribution in [0.3, 0.4) is 0 Å². The number of nitrogens with one attached hydrogen (secondary N) is 3. The number of hydrogen-bond donors (Lipinski definition) is 3. The number of nitrogens with zero attached hydrogens (tertiary/aromatic N) is 1. The Kier molecular flexibility index (Phi) is 6.57. The SMILES string of the molecule is CCOc1ccccc1CCC(=O)NC1CC(c2cccc([N+](=O)[O-])c2)NN1. The van der Waals surface area contributed by atoms with Crippen molar-refractivity contribution in [2.24, 2.45) is 0 Å². The maximum atomic E-state index is 12.3. The number of non-ortho nitro benzene ring substituents is 1. The molecular formula is C20H24N4O4. The molecule has 8 heteroatoms. The van der Waals surface area contributed by atoms with Gasteiger partial charge in [-0.15, -0.1) is 0 Å². The summed E-state index contributed by atoms with van der Waals surface area (Å²) in [5, 5.41) is 13.9. The van der Waals surface area contributed by atoms with Gasteiger partial charge in [0, 0.05) is 31.0 Å². The molecule has 2 aromatic rings. The van der Waals surface area contributed by atoms with E-state index >= 15 is 0 Å². The quantitative estimate of drug-likeness (QED) is 0.477. The van der Waals surface area contributed by atoms with E-state index in [9.17, 15) is 14.9 Å². The number of para-hydroxylation sites is 1. The third-order valence-electron chi connectivity index (χ3n) is 4.62. The Morgan fingerprint density at radius 1 is 1.25 bits per heavy atom. The van der Waals surface area contributed by atoms with Gasteiger partial charge >= 0.3 is 0 Å². The fraction of sp³-hybridized carbons (Fsp3) is 0.350. The Labute approximate surface area is 163 Å². The lowest BCUT2D eigenvalue weighted by Gasteiger charge is -2.13. The molecule has 1 aliphatic rings. The van der Waals surface area contributed by atoms with Crippen LogP contribution in [0.5, 0.6) is 5.75 Å². The van der Waals surface area contributed by atoms with Crippen LogP contribution in [-0.4, -0.2) is 23.6 Å². The molecule has 0 aliphatic carbocycles. The van der Waals surface area contributed by atoms with Gasteiger partial charge in [0.25, 0.3) is 5.69 Å². The van der Waals surface area contributed by atoms with Gasteiger partial charge in [0.2, 0.25) is 5.91 Å². The number of rotatable bonds is 8. The van der Waals surface area contributed by atoms with Gasteiger partial charge in [-0.1, -0.05) is 30.3 Å². The molecule has 3 rings (SSSR count). The van der Waals surface area contributed by atoms with Crippen LogP contribution in [0.4, 0.5) is 5.69 Å². The fourth-order valence-corrected chi connectivity index (χ4v) is 3.25. The van der Waals surface area contributed by atoms with E-state index in [0.29, 0.717) is 25.9 Å². The lowest BCUT2D eigenvalue weighted by Crippen LogP contribution is -2.44. The Balaban J connectivity index is 1.51. The van der Waals surface area contributed by atoms with E-state index in [1.54, 1.807) is 12.1 Å². The minimum atomic E-state index is -0.411. The van der Waals surface area contributed by atoms with Gasteiger partial charge in [-0.05, 0) is 30.5 Å². The van der Waals surface area contributed by atoms with Crippen LogP contribution in [0.2, 0.25) is 0 Å². The first kappa shape index (κ1) is 19.8. The van der Waals surface area contributed by atoms with Crippen molar-refractivity contribution in [2.45, 2.75) is 38.4 Å². The third kappa shape index (κ3) is 5.05. The Morgan fingerprint density at radius 2 is 2.07 bits per heavy atom. The monoisotopic (exact) mass is 384 g/mol. The number of carbonyl (C=O) groups is 1. The average Bonchev–Trinajstić information content (AvgIpc) is 3.16. The molecule has 1 aliphatic heterocycles. The molecule has 0 bridgehead atoms. The Hall–Kier alpha value is -2.97. The highest BCUT2D eigenvalue weighted by molar-refractivity contribution is 5.76. The molecule has 1 saturated heterocycles. The number of nitro benzene ring substituents is 1. The number of hydrogen-bond acceptors (Lipinski definition) is 6. The van der Waals surface area contributed by atoms with Crippen molar-refractivity contribution >= 4 is 11.6 Å². The van der Waals surface area contributed by atoms with Crippen LogP contribution in [0.1, 0.15) is 36.9 Å². The highest BCUT2D eigenvalue weighted by Crippen LogP contribution is 2.25. The molecule has 1 fully saturated rings. The van der Waals surface area contributed by atoms with Gasteiger partial charge in [-0.2, -0.15) is 0 Å². The van der Waals surface area contributed by atoms with Crippen molar-refractivity contribution < 1.29 is 14.5 Å². The molecule has 8 nitrogen and oxygen atoms in total. The lowest BCUT2D eigenvalue weighted by atomic mass is 10.0. The number of benzene rings is 2. The first-order valence-corrected chi connectivity index (χ1v) is 9.32. The van der Waals surface area contributed by atoms with Crippen molar-refractivity contribution in [2.75, 3.05) is 6.61 Å². The number of ether oxygens (including phenoxy) is 1. The van der Waals surface area contributed by atoms with E-state index in [4.69, 9.17) is 4.74 Å². The molecule has 0 saturated carbocycles. The summed E-state index contributed by atoms with van der Waals surface area (Å²) in [5.74, 6) is 0.745. The molecule has 0 spiro atoms. The van der Waals surface area contributed by atoms with Crippen LogP contribution in [0.15, 0.2) is 48.5 Å². The van der Waals surface area contributed by atoms with E-state index in [1.165, 1.54) is 6.07 Å². The maximum Gasteiger partial charge on any atom is 0.269 e. The topological polar surface area (TPSA) is 106 Å². The molecule has 3 N–H and O–H groups in total. The maximum absolute atomic E-state index is 12.3. The summed E-state index contributed by atoms with van der Waals surface area (Å²) in [4.78, 5) is 22.8. The Bertz CT molecular complexity index is 842. The van der Waals surface area contributed by atoms with Crippen LogP contribution in [-0.2, 0) is 11.2 Å². The van der Waals surface area contributed by atoms with Gasteiger partial charge < -0.3 is 10.1 Å². The lowest BCUT2D eigenvalue weighted by molar-refractivity contribution is -0.384. The van der Waals surface area contributed by atoms with Gasteiger partial charge in [0.1, 0.15) is 5.75 Å². The van der Waals surface area contributed by atoms with Crippen molar-refractivity contribution in [3.8, 4) is 5.75 Å². The second kappa shape index (κ2) is 9.29. The van der Waals surface area contributed by atoms with E-state index < -0.39 is 4.92 Å². The van der Waals surface area contributed by atoms with E-state index in [-0.39, 0.29) is 23.8 Å². The molecule has 0 aromatic heterocycles. The number of hydrazine groups is 1. The van der Waals surface area contributed by atoms with Gasteiger partial charge in [0.15, 0.2) is 0 Å². The average molecular weight is 384 g/mol. The van der Waals surface area contributed by atoms with Crippen molar-refractivity contribution in [1.29, 1.82) is 0 Å². The second-order valence-electron chi connectivity index (χ2n) is 6.59. The fourth-order valence-electron chi connectivity index (χ4n) is 3.25. The van der Waals surface area contributed by atoms with Gasteiger partial charge in [-0.3, -0.25) is 14.9 Å². The minimum absolute atomic E-state index is 0.0553. The zero-order valence-corrected chi connectivity index (χ0v) is 15.7. The summed E-state index contributed by atoms with van der Waals surface area (Å²) in [6, 6.07) is 14.1. The first-order valence-electron chi connectivity index (χ1n) is 9.32. The molecule has 2 unspecified atom stereocenters. The highest BCUT2D eigenvalue weighted by Gasteiger charge is 2.27. The number of carbonyl (C=O) groups excluding carboxylic acids is 1. The van der Waals surface area contributed by atoms with Crippen LogP contribution < -0.4 is 20.9 Å². The van der Waals surface area contributed by atoms with Crippen molar-refractivity contribution in [3.05, 3.63) is 69.8 Å². The molecule has 0 radical (unpaired) electrons. The number of nitro groups is 1. The van der Waals surface area contributed by atoms with Gasteiger partial charge in [0.05, 0.1) is 17.7 Å². The summed E-state index contributed by atoms with van der Waals surface area (Å²) < 4.78 is 5.59. The Morgan fingerprint density at radius 3 is 2.86 bits per heavy atom. The summed E-state index contributed by atoms with van der Waals surface area (Å²) in [7, 11) is 0. The molecule has 2 atom stereocenters. The summed E-state index contributed by atoms with van der Waals surface area (Å²) >= 11 is 0. The highest BCUT2D eigenvalue weighted by atomic mass is 16.6. The van der Waals surface area contributed by atoms with E-state index in [0.717, 1.165) is 16.9 Å². The zero-order chi connectivity index (χ0) is 19.9. The van der Waals surface area contributed by atoms with Gasteiger partial charge in [-0.25, -0.2) is 10.9 Å². The molecular weight excluding hydrogens is 360 g/mol. The van der Waals surface area contributed by atoms with Crippen LogP contribution >= 0.6 is 0 Å². The predicted molar refractivity (Wildman–Crippen MR) is 105 cm³/mol. The summed E-state index contributed by atoms with van der Waals surface area (Å²) in [5.41, 5.74) is 8.00. The van der Waals surface area contributed by atoms with Crippen molar-refractivity contribution in [1.82, 2.24) is 16.2 Å². The first-order chi connectivity index (χ1) is 13.6. The van der Waals surface area contributed by atoms with E-state index in [1.807, 2.05) is 37.3 Å². The number of amides is 1. The second-order valence-corrected chi connectivity index (χ2v) is 6.59. The van der Waals surface area contributed by atoms with Crippen LogP contribution in [0, 0.1) is 10.1 Å². The normalized spacial score (nSPS) is 18.6. The number of aryl methyl sites for hydroxylation is 1. The zero-order valence-electron chi connectivity index (χ0n) is 15.7. The van der Waals surface area contributed by atoms with Crippen LogP contribution in [0.25, 0.3) is 0 Å². The summed E-state index contributed by atoms with van der Waals surface area (Å²) in [6.07, 6.45) is 1.31. The van der Waals surface area contributed by atoms with E-state index in [2.05, 4.69) is 16.2 Å². The minimum Gasteiger partial charge on any atom is -0.494 e. The summed E-state index contributed by atoms with van der Waals surface area (Å²) in [6.45, 7) is 2.51. The largest absolute Gasteiger partial charge is 0.494 e. The molecule has 1 amide bonds. The molecule has 148 valence electrons. The molecule has 2 aromatic carbocycles. The third-order valence-corrected chi connectivity index (χ3v) is 4.62. The standard InChI is InChI=1S/C20H24N4O4/c1-2-28-18-9-4-3-6-14(18)10-11-20(25)21-19-13-17(22-23-19)15-7-5-8-16(12-15)24(26)27/h3-9,12,17,19,22-23H,2,10-11,13H2,1H3,(H,21,25). The predicted octanol–water partition coefficient (Wildman–Crippen LogP) is 2.61. The van der Waals surface area contributed by atoms with Crippen molar-refractivity contribution in [3.63, 3.8) is 0 Å². The smallest absolute Gasteiger partial charge is 0.269 e. The molecule has 28 heavy (non-hydrogen) atoms. The molecule has 1 heterocycles.